The molecule has 0 aliphatic carbocycles. The lowest BCUT2D eigenvalue weighted by molar-refractivity contribution is 0.581. The Morgan fingerprint density at radius 3 is 2.75 bits per heavy atom. The van der Waals surface area contributed by atoms with Crippen molar-refractivity contribution in [3.8, 4) is 11.5 Å². The van der Waals surface area contributed by atoms with Crippen molar-refractivity contribution in [3.63, 3.8) is 0 Å². The first-order valence-corrected chi connectivity index (χ1v) is 10.2. The maximum absolute atomic E-state index is 5.88. The van der Waals surface area contributed by atoms with Crippen LogP contribution in [0.4, 0.5) is 11.6 Å². The molecule has 0 unspecified atom stereocenters. The van der Waals surface area contributed by atoms with Crippen molar-refractivity contribution < 1.29 is 4.42 Å². The summed E-state index contributed by atoms with van der Waals surface area (Å²) < 4.78 is 6.52. The minimum atomic E-state index is 0.537. The standard InChI is InChI=1S/C19H16ClN5OS2/c20-12-3-5-13(6-4-12)23-19(27)22-9-8-21-18-24-14-7-11-28-17(14)16(25-18)15-2-1-10-26-15/h1-7,10-11H,8-9H2,(H,21,24,25)(H2,22,23,27). The van der Waals surface area contributed by atoms with E-state index in [0.29, 0.717) is 29.2 Å². The average Bonchev–Trinajstić information content (AvgIpc) is 3.38. The number of furan rings is 1. The second kappa shape index (κ2) is 8.55. The third-order valence-corrected chi connectivity index (χ3v) is 5.26. The molecule has 4 aromatic rings. The molecule has 0 spiro atoms. The Kier molecular flexibility index (Phi) is 5.70. The molecule has 1 aromatic carbocycles. The van der Waals surface area contributed by atoms with Gasteiger partial charge >= 0.3 is 0 Å². The zero-order chi connectivity index (χ0) is 19.3. The van der Waals surface area contributed by atoms with Gasteiger partial charge < -0.3 is 20.4 Å². The summed E-state index contributed by atoms with van der Waals surface area (Å²) in [6, 6.07) is 13.1. The van der Waals surface area contributed by atoms with E-state index in [4.69, 9.17) is 28.2 Å². The lowest BCUT2D eigenvalue weighted by Crippen LogP contribution is -2.32. The minimum absolute atomic E-state index is 0.537. The number of hydrogen-bond acceptors (Lipinski definition) is 6. The molecule has 0 amide bonds. The molecular formula is C19H16ClN5OS2. The van der Waals surface area contributed by atoms with Gasteiger partial charge in [0.05, 0.1) is 16.5 Å². The summed E-state index contributed by atoms with van der Waals surface area (Å²) in [5.74, 6) is 1.28. The number of rotatable bonds is 6. The van der Waals surface area contributed by atoms with Crippen LogP contribution < -0.4 is 16.0 Å². The average molecular weight is 430 g/mol. The van der Waals surface area contributed by atoms with Crippen molar-refractivity contribution >= 4 is 62.1 Å². The smallest absolute Gasteiger partial charge is 0.224 e. The van der Waals surface area contributed by atoms with Gasteiger partial charge in [-0.05, 0) is 60.1 Å². The van der Waals surface area contributed by atoms with Gasteiger partial charge in [0.15, 0.2) is 10.9 Å². The second-order valence-electron chi connectivity index (χ2n) is 5.82. The molecule has 6 nitrogen and oxygen atoms in total. The number of halogens is 1. The molecule has 9 heteroatoms. The maximum atomic E-state index is 5.88. The third kappa shape index (κ3) is 4.41. The highest BCUT2D eigenvalue weighted by Crippen LogP contribution is 2.31. The Labute approximate surface area is 176 Å². The summed E-state index contributed by atoms with van der Waals surface area (Å²) in [7, 11) is 0. The van der Waals surface area contributed by atoms with E-state index in [1.165, 1.54) is 0 Å². The highest BCUT2D eigenvalue weighted by atomic mass is 35.5. The minimum Gasteiger partial charge on any atom is -0.463 e. The van der Waals surface area contributed by atoms with Gasteiger partial charge in [-0.1, -0.05) is 11.6 Å². The zero-order valence-electron chi connectivity index (χ0n) is 14.6. The molecule has 3 heterocycles. The molecule has 0 radical (unpaired) electrons. The van der Waals surface area contributed by atoms with Gasteiger partial charge in [-0.25, -0.2) is 9.97 Å². The predicted octanol–water partition coefficient (Wildman–Crippen LogP) is 5.00. The Morgan fingerprint density at radius 2 is 1.96 bits per heavy atom. The second-order valence-corrected chi connectivity index (χ2v) is 7.58. The number of anilines is 2. The van der Waals surface area contributed by atoms with Gasteiger partial charge in [-0.15, -0.1) is 11.3 Å². The highest BCUT2D eigenvalue weighted by Gasteiger charge is 2.13. The first-order chi connectivity index (χ1) is 13.7. The molecular weight excluding hydrogens is 414 g/mol. The number of aromatic nitrogens is 2. The van der Waals surface area contributed by atoms with Crippen LogP contribution >= 0.6 is 35.2 Å². The summed E-state index contributed by atoms with van der Waals surface area (Å²) in [5.41, 5.74) is 2.56. The van der Waals surface area contributed by atoms with E-state index in [9.17, 15) is 0 Å². The van der Waals surface area contributed by atoms with Crippen LogP contribution in [-0.4, -0.2) is 28.2 Å². The van der Waals surface area contributed by atoms with Crippen LogP contribution in [0, 0.1) is 0 Å². The third-order valence-electron chi connectivity index (χ3n) is 3.85. The molecule has 0 saturated carbocycles. The fourth-order valence-corrected chi connectivity index (χ4v) is 3.75. The Bertz CT molecular complexity index is 1080. The van der Waals surface area contributed by atoms with Gasteiger partial charge in [0, 0.05) is 23.8 Å². The van der Waals surface area contributed by atoms with Crippen LogP contribution in [-0.2, 0) is 0 Å². The first-order valence-electron chi connectivity index (χ1n) is 8.52. The monoisotopic (exact) mass is 429 g/mol. The summed E-state index contributed by atoms with van der Waals surface area (Å²) in [4.78, 5) is 9.17. The van der Waals surface area contributed by atoms with E-state index in [-0.39, 0.29) is 0 Å². The molecule has 28 heavy (non-hydrogen) atoms. The molecule has 0 saturated heterocycles. The molecule has 4 rings (SSSR count). The lowest BCUT2D eigenvalue weighted by atomic mass is 10.3. The van der Waals surface area contributed by atoms with E-state index < -0.39 is 0 Å². The van der Waals surface area contributed by atoms with E-state index in [1.54, 1.807) is 17.6 Å². The van der Waals surface area contributed by atoms with Gasteiger partial charge in [0.2, 0.25) is 5.95 Å². The molecule has 0 atom stereocenters. The number of nitrogens with one attached hydrogen (secondary N) is 3. The van der Waals surface area contributed by atoms with E-state index in [2.05, 4.69) is 25.9 Å². The number of hydrogen-bond donors (Lipinski definition) is 3. The summed E-state index contributed by atoms with van der Waals surface area (Å²) in [5, 5.41) is 12.7. The molecule has 0 aliphatic rings. The number of thiophene rings is 1. The van der Waals surface area contributed by atoms with E-state index in [0.717, 1.165) is 27.4 Å². The van der Waals surface area contributed by atoms with E-state index >= 15 is 0 Å². The van der Waals surface area contributed by atoms with Crippen molar-refractivity contribution in [2.24, 2.45) is 0 Å². The highest BCUT2D eigenvalue weighted by molar-refractivity contribution is 7.80. The van der Waals surface area contributed by atoms with Crippen LogP contribution in [0.15, 0.2) is 58.5 Å². The largest absolute Gasteiger partial charge is 0.463 e. The van der Waals surface area contributed by atoms with Gasteiger partial charge in [0.25, 0.3) is 0 Å². The van der Waals surface area contributed by atoms with Gasteiger partial charge in [0.1, 0.15) is 5.69 Å². The van der Waals surface area contributed by atoms with Gasteiger partial charge in [-0.3, -0.25) is 0 Å². The molecule has 0 fully saturated rings. The van der Waals surface area contributed by atoms with Crippen LogP contribution in [0.2, 0.25) is 5.02 Å². The molecule has 3 aromatic heterocycles. The first kappa shape index (κ1) is 18.7. The SMILES string of the molecule is S=C(NCCNc1nc(-c2ccco2)c2sccc2n1)Nc1ccc(Cl)cc1. The van der Waals surface area contributed by atoms with Crippen LogP contribution in [0.3, 0.4) is 0 Å². The topological polar surface area (TPSA) is 75.0 Å². The van der Waals surface area contributed by atoms with Crippen molar-refractivity contribution in [1.29, 1.82) is 0 Å². The molecule has 142 valence electrons. The summed E-state index contributed by atoms with van der Waals surface area (Å²) in [6.07, 6.45) is 1.64. The Morgan fingerprint density at radius 1 is 1.11 bits per heavy atom. The fraction of sp³-hybridized carbons (Fsp3) is 0.105. The van der Waals surface area contributed by atoms with Crippen molar-refractivity contribution in [2.75, 3.05) is 23.7 Å². The summed E-state index contributed by atoms with van der Waals surface area (Å²) in [6.45, 7) is 1.22. The van der Waals surface area contributed by atoms with Crippen molar-refractivity contribution in [3.05, 3.63) is 59.1 Å². The molecule has 3 N–H and O–H groups in total. The van der Waals surface area contributed by atoms with Crippen LogP contribution in [0.25, 0.3) is 21.7 Å². The lowest BCUT2D eigenvalue weighted by Gasteiger charge is -2.11. The van der Waals surface area contributed by atoms with Crippen LogP contribution in [0.1, 0.15) is 0 Å². The summed E-state index contributed by atoms with van der Waals surface area (Å²) >= 11 is 12.8. The number of fused-ring (bicyclic) bond motifs is 1. The Balaban J connectivity index is 1.34. The maximum Gasteiger partial charge on any atom is 0.224 e. The quantitative estimate of drug-likeness (QED) is 0.294. The van der Waals surface area contributed by atoms with Crippen molar-refractivity contribution in [2.45, 2.75) is 0 Å². The molecule has 0 aliphatic heterocycles. The van der Waals surface area contributed by atoms with Crippen LogP contribution in [0.5, 0.6) is 0 Å². The van der Waals surface area contributed by atoms with E-state index in [1.807, 2.05) is 47.8 Å². The number of benzene rings is 1. The normalized spacial score (nSPS) is 10.8. The van der Waals surface area contributed by atoms with Crippen molar-refractivity contribution in [1.82, 2.24) is 15.3 Å². The number of thiocarbonyl (C=S) groups is 1. The number of nitrogens with zero attached hydrogens (tertiary/aromatic N) is 2. The fourth-order valence-electron chi connectivity index (χ4n) is 2.58. The predicted molar refractivity (Wildman–Crippen MR) is 119 cm³/mol. The zero-order valence-corrected chi connectivity index (χ0v) is 17.0. The van der Waals surface area contributed by atoms with Gasteiger partial charge in [-0.2, -0.15) is 0 Å². The molecule has 0 bridgehead atoms. The Hall–Kier alpha value is -2.68.